The molecule has 0 N–H and O–H groups in total. The molecule has 0 aromatic heterocycles. The first-order chi connectivity index (χ1) is 5.06. The summed E-state index contributed by atoms with van der Waals surface area (Å²) < 4.78 is 0. The molecule has 0 radical (unpaired) electrons. The van der Waals surface area contributed by atoms with Gasteiger partial charge in [0.05, 0.1) is 0 Å². The molecular formula is C11H16. The molecule has 0 aliphatic heterocycles. The highest BCUT2D eigenvalue weighted by Crippen LogP contribution is 2.33. The monoisotopic (exact) mass is 148 g/mol. The Hall–Kier alpha value is -0.780. The largest absolute Gasteiger partial charge is 0.0836 e. The van der Waals surface area contributed by atoms with Gasteiger partial charge in [0.1, 0.15) is 0 Å². The summed E-state index contributed by atoms with van der Waals surface area (Å²) in [5.41, 5.74) is 3.00. The van der Waals surface area contributed by atoms with Crippen molar-refractivity contribution in [2.75, 3.05) is 0 Å². The third-order valence-corrected chi connectivity index (χ3v) is 2.17. The summed E-state index contributed by atoms with van der Waals surface area (Å²) in [7, 11) is 0. The maximum Gasteiger partial charge on any atom is 0.00777 e. The molecule has 0 heterocycles. The van der Waals surface area contributed by atoms with E-state index in [-0.39, 0.29) is 5.41 Å². The van der Waals surface area contributed by atoms with Crippen LogP contribution in [0.5, 0.6) is 0 Å². The van der Waals surface area contributed by atoms with Gasteiger partial charge in [0.15, 0.2) is 0 Å². The van der Waals surface area contributed by atoms with Gasteiger partial charge in [-0.3, -0.25) is 0 Å². The molecule has 0 unspecified atom stereocenters. The van der Waals surface area contributed by atoms with E-state index in [2.05, 4.69) is 52.0 Å². The standard InChI is InChI=1S/C11H16/c1-5-10-7-6-9(2)8-11(10,3)4/h5-8H,1-4H3. The van der Waals surface area contributed by atoms with E-state index in [9.17, 15) is 0 Å². The van der Waals surface area contributed by atoms with Crippen LogP contribution in [0.3, 0.4) is 0 Å². The Labute approximate surface area is 69.3 Å². The fourth-order valence-corrected chi connectivity index (χ4v) is 1.60. The highest BCUT2D eigenvalue weighted by atomic mass is 14.2. The van der Waals surface area contributed by atoms with E-state index in [1.165, 1.54) is 11.1 Å². The summed E-state index contributed by atoms with van der Waals surface area (Å²) in [4.78, 5) is 0. The Morgan fingerprint density at radius 3 is 2.36 bits per heavy atom. The zero-order valence-electron chi connectivity index (χ0n) is 7.81. The second-order valence-corrected chi connectivity index (χ2v) is 3.69. The van der Waals surface area contributed by atoms with Gasteiger partial charge in [-0.25, -0.2) is 0 Å². The van der Waals surface area contributed by atoms with Crippen LogP contribution in [0.15, 0.2) is 35.5 Å². The lowest BCUT2D eigenvalue weighted by Crippen LogP contribution is -2.12. The topological polar surface area (TPSA) is 0 Å². The maximum atomic E-state index is 2.31. The summed E-state index contributed by atoms with van der Waals surface area (Å²) >= 11 is 0. The third-order valence-electron chi connectivity index (χ3n) is 2.17. The van der Waals surface area contributed by atoms with E-state index in [1.807, 2.05) is 0 Å². The maximum absolute atomic E-state index is 2.31. The minimum atomic E-state index is 0.230. The SMILES string of the molecule is CC=C1C=CC(C)=CC1(C)C. The Morgan fingerprint density at radius 2 is 1.91 bits per heavy atom. The molecule has 1 rings (SSSR count). The molecule has 0 saturated heterocycles. The van der Waals surface area contributed by atoms with Crippen molar-refractivity contribution < 1.29 is 0 Å². The van der Waals surface area contributed by atoms with Gasteiger partial charge in [0.25, 0.3) is 0 Å². The van der Waals surface area contributed by atoms with Gasteiger partial charge >= 0.3 is 0 Å². The molecule has 0 spiro atoms. The van der Waals surface area contributed by atoms with E-state index in [4.69, 9.17) is 0 Å². The quantitative estimate of drug-likeness (QED) is 0.493. The first kappa shape index (κ1) is 8.32. The fraction of sp³-hybridized carbons (Fsp3) is 0.455. The van der Waals surface area contributed by atoms with E-state index in [0.717, 1.165) is 0 Å². The molecule has 1 aliphatic carbocycles. The summed E-state index contributed by atoms with van der Waals surface area (Å²) in [5.74, 6) is 0. The van der Waals surface area contributed by atoms with Crippen molar-refractivity contribution >= 4 is 0 Å². The Kier molecular flexibility index (Phi) is 2.03. The molecule has 1 aliphatic rings. The Balaban J connectivity index is 3.03. The summed E-state index contributed by atoms with van der Waals surface area (Å²) in [5, 5.41) is 0. The highest BCUT2D eigenvalue weighted by molar-refractivity contribution is 5.40. The Bertz CT molecular complexity index is 237. The van der Waals surface area contributed by atoms with Crippen molar-refractivity contribution in [3.63, 3.8) is 0 Å². The molecule has 0 fully saturated rings. The number of allylic oxidation sites excluding steroid dienone is 6. The van der Waals surface area contributed by atoms with E-state index < -0.39 is 0 Å². The molecule has 0 aromatic rings. The van der Waals surface area contributed by atoms with Gasteiger partial charge in [-0.1, -0.05) is 43.7 Å². The lowest BCUT2D eigenvalue weighted by molar-refractivity contribution is 0.585. The zero-order chi connectivity index (χ0) is 8.48. The second kappa shape index (κ2) is 2.69. The van der Waals surface area contributed by atoms with Gasteiger partial charge < -0.3 is 0 Å². The smallest absolute Gasteiger partial charge is 0.00777 e. The van der Waals surface area contributed by atoms with Crippen LogP contribution >= 0.6 is 0 Å². The molecule has 0 bridgehead atoms. The van der Waals surface area contributed by atoms with Gasteiger partial charge in [0, 0.05) is 5.41 Å². The van der Waals surface area contributed by atoms with Gasteiger partial charge in [-0.05, 0) is 19.4 Å². The molecule has 0 saturated carbocycles. The molecule has 0 atom stereocenters. The first-order valence-electron chi connectivity index (χ1n) is 4.10. The van der Waals surface area contributed by atoms with Crippen LogP contribution < -0.4 is 0 Å². The predicted molar refractivity (Wildman–Crippen MR) is 50.4 cm³/mol. The first-order valence-corrected chi connectivity index (χ1v) is 4.10. The minimum absolute atomic E-state index is 0.230. The summed E-state index contributed by atoms with van der Waals surface area (Å²) in [6.07, 6.45) is 8.86. The van der Waals surface area contributed by atoms with Gasteiger partial charge in [-0.2, -0.15) is 0 Å². The second-order valence-electron chi connectivity index (χ2n) is 3.69. The zero-order valence-corrected chi connectivity index (χ0v) is 7.81. The number of rotatable bonds is 0. The lowest BCUT2D eigenvalue weighted by atomic mass is 9.79. The lowest BCUT2D eigenvalue weighted by Gasteiger charge is -2.26. The number of hydrogen-bond donors (Lipinski definition) is 0. The summed E-state index contributed by atoms with van der Waals surface area (Å²) in [6.45, 7) is 8.73. The van der Waals surface area contributed by atoms with E-state index in [1.54, 1.807) is 0 Å². The van der Waals surface area contributed by atoms with Crippen LogP contribution in [0.25, 0.3) is 0 Å². The molecule has 0 aromatic carbocycles. The van der Waals surface area contributed by atoms with Crippen LogP contribution in [0.1, 0.15) is 27.7 Å². The average Bonchev–Trinajstić information content (AvgIpc) is 1.85. The molecule has 60 valence electrons. The molecule has 0 nitrogen and oxygen atoms in total. The molecule has 0 heteroatoms. The fourth-order valence-electron chi connectivity index (χ4n) is 1.60. The predicted octanol–water partition coefficient (Wildman–Crippen LogP) is 3.48. The van der Waals surface area contributed by atoms with Crippen LogP contribution in [-0.2, 0) is 0 Å². The van der Waals surface area contributed by atoms with E-state index in [0.29, 0.717) is 0 Å². The normalized spacial score (nSPS) is 25.5. The highest BCUT2D eigenvalue weighted by Gasteiger charge is 2.19. The van der Waals surface area contributed by atoms with Crippen molar-refractivity contribution in [1.82, 2.24) is 0 Å². The van der Waals surface area contributed by atoms with Crippen molar-refractivity contribution in [2.24, 2.45) is 5.41 Å². The molecule has 11 heavy (non-hydrogen) atoms. The van der Waals surface area contributed by atoms with Crippen molar-refractivity contribution in [1.29, 1.82) is 0 Å². The van der Waals surface area contributed by atoms with E-state index >= 15 is 0 Å². The van der Waals surface area contributed by atoms with Gasteiger partial charge in [-0.15, -0.1) is 0 Å². The van der Waals surface area contributed by atoms with Gasteiger partial charge in [0.2, 0.25) is 0 Å². The molecule has 0 amide bonds. The van der Waals surface area contributed by atoms with Crippen molar-refractivity contribution in [3.8, 4) is 0 Å². The average molecular weight is 148 g/mol. The summed E-state index contributed by atoms with van der Waals surface area (Å²) in [6, 6.07) is 0. The van der Waals surface area contributed by atoms with Crippen molar-refractivity contribution in [2.45, 2.75) is 27.7 Å². The minimum Gasteiger partial charge on any atom is -0.0836 e. The van der Waals surface area contributed by atoms with Crippen LogP contribution in [-0.4, -0.2) is 0 Å². The van der Waals surface area contributed by atoms with Crippen LogP contribution in [0.4, 0.5) is 0 Å². The molecular weight excluding hydrogens is 132 g/mol. The van der Waals surface area contributed by atoms with Crippen molar-refractivity contribution in [3.05, 3.63) is 35.5 Å². The van der Waals surface area contributed by atoms with Crippen LogP contribution in [0.2, 0.25) is 0 Å². The third kappa shape index (κ3) is 1.62. The number of hydrogen-bond acceptors (Lipinski definition) is 0. The van der Waals surface area contributed by atoms with Crippen LogP contribution in [0, 0.1) is 5.41 Å². The Morgan fingerprint density at radius 1 is 1.27 bits per heavy atom.